The van der Waals surface area contributed by atoms with Gasteiger partial charge in [0.15, 0.2) is 0 Å². The van der Waals surface area contributed by atoms with Crippen LogP contribution in [0.2, 0.25) is 0 Å². The van der Waals surface area contributed by atoms with Gasteiger partial charge in [-0.1, -0.05) is 37.3 Å². The predicted molar refractivity (Wildman–Crippen MR) is 57.0 cm³/mol. The van der Waals surface area contributed by atoms with Gasteiger partial charge in [0.25, 0.3) is 0 Å². The summed E-state index contributed by atoms with van der Waals surface area (Å²) in [7, 11) is 0. The lowest BCUT2D eigenvalue weighted by Gasteiger charge is -2.02. The maximum atomic E-state index is 9.37. The molecule has 0 fully saturated rings. The minimum absolute atomic E-state index is 0.159. The number of nitrogens with two attached hydrogens (primary N) is 1. The van der Waals surface area contributed by atoms with Crippen molar-refractivity contribution in [2.45, 2.75) is 26.3 Å². The first-order valence-electron chi connectivity index (χ1n) is 4.60. The smallest absolute Gasteiger partial charge is 0.303 e. The second-order valence-electron chi connectivity index (χ2n) is 2.95. The fourth-order valence-electron chi connectivity index (χ4n) is 0.757. The summed E-state index contributed by atoms with van der Waals surface area (Å²) in [5, 5.41) is 7.72. The zero-order chi connectivity index (χ0) is 11.0. The zero-order valence-corrected chi connectivity index (χ0v) is 8.60. The molecule has 1 aromatic rings. The Morgan fingerprint density at radius 2 is 1.86 bits per heavy atom. The normalized spacial score (nSPS) is 11.1. The molecule has 3 heteroatoms. The molecule has 3 N–H and O–H groups in total. The highest BCUT2D eigenvalue weighted by Gasteiger charge is 1.93. The first kappa shape index (κ1) is 12.7. The number of aliphatic carboxylic acids is 1. The van der Waals surface area contributed by atoms with Crippen LogP contribution in [0.25, 0.3) is 0 Å². The number of carboxylic acids is 1. The summed E-state index contributed by atoms with van der Waals surface area (Å²) in [5.74, 6) is -0.745. The number of hydrogen-bond acceptors (Lipinski definition) is 2. The SMILES string of the molecule is CCC(=O)O.C[C@@H](N)c1ccccc1. The molecule has 0 aliphatic rings. The van der Waals surface area contributed by atoms with Crippen molar-refractivity contribution in [1.29, 1.82) is 0 Å². The zero-order valence-electron chi connectivity index (χ0n) is 8.60. The fourth-order valence-corrected chi connectivity index (χ4v) is 0.757. The average Bonchev–Trinajstić information content (AvgIpc) is 2.20. The molecule has 0 spiro atoms. The Balaban J connectivity index is 0.000000292. The lowest BCUT2D eigenvalue weighted by molar-refractivity contribution is -0.136. The lowest BCUT2D eigenvalue weighted by atomic mass is 10.1. The van der Waals surface area contributed by atoms with E-state index in [1.54, 1.807) is 6.92 Å². The summed E-state index contributed by atoms with van der Waals surface area (Å²) in [6.45, 7) is 3.58. The number of carboxylic acid groups (broad SMARTS) is 1. The number of rotatable bonds is 2. The van der Waals surface area contributed by atoms with Gasteiger partial charge in [-0.05, 0) is 12.5 Å². The van der Waals surface area contributed by atoms with Gasteiger partial charge in [-0.3, -0.25) is 4.79 Å². The van der Waals surface area contributed by atoms with E-state index in [0.29, 0.717) is 0 Å². The Morgan fingerprint density at radius 3 is 2.07 bits per heavy atom. The van der Waals surface area contributed by atoms with Crippen molar-refractivity contribution in [2.24, 2.45) is 5.73 Å². The van der Waals surface area contributed by atoms with Gasteiger partial charge in [0.1, 0.15) is 0 Å². The van der Waals surface area contributed by atoms with E-state index in [0.717, 1.165) is 0 Å². The highest BCUT2D eigenvalue weighted by atomic mass is 16.4. The minimum atomic E-state index is -0.745. The van der Waals surface area contributed by atoms with Gasteiger partial charge in [0.2, 0.25) is 0 Å². The van der Waals surface area contributed by atoms with Crippen molar-refractivity contribution in [3.63, 3.8) is 0 Å². The molecule has 1 atom stereocenters. The van der Waals surface area contributed by atoms with E-state index >= 15 is 0 Å². The lowest BCUT2D eigenvalue weighted by Crippen LogP contribution is -2.03. The van der Waals surface area contributed by atoms with Gasteiger partial charge in [0.05, 0.1) is 0 Å². The molecule has 0 amide bonds. The third-order valence-corrected chi connectivity index (χ3v) is 1.63. The van der Waals surface area contributed by atoms with Crippen LogP contribution in [0, 0.1) is 0 Å². The van der Waals surface area contributed by atoms with Crippen LogP contribution in [-0.2, 0) is 4.79 Å². The number of benzene rings is 1. The second kappa shape index (κ2) is 7.09. The molecule has 78 valence electrons. The van der Waals surface area contributed by atoms with E-state index in [1.807, 2.05) is 37.3 Å². The molecule has 0 saturated heterocycles. The van der Waals surface area contributed by atoms with Crippen LogP contribution < -0.4 is 5.73 Å². The summed E-state index contributed by atoms with van der Waals surface area (Å²) in [4.78, 5) is 9.37. The topological polar surface area (TPSA) is 63.3 Å². The van der Waals surface area contributed by atoms with Crippen LogP contribution in [-0.4, -0.2) is 11.1 Å². The van der Waals surface area contributed by atoms with Gasteiger partial charge in [-0.15, -0.1) is 0 Å². The monoisotopic (exact) mass is 195 g/mol. The summed E-state index contributed by atoms with van der Waals surface area (Å²) in [6, 6.07) is 10.2. The van der Waals surface area contributed by atoms with Gasteiger partial charge in [0, 0.05) is 12.5 Å². The first-order chi connectivity index (χ1) is 6.57. The Morgan fingerprint density at radius 1 is 1.43 bits per heavy atom. The van der Waals surface area contributed by atoms with Crippen molar-refractivity contribution in [3.8, 4) is 0 Å². The molecule has 0 aliphatic carbocycles. The molecule has 0 aliphatic heterocycles. The van der Waals surface area contributed by atoms with E-state index in [-0.39, 0.29) is 12.5 Å². The van der Waals surface area contributed by atoms with Crippen molar-refractivity contribution < 1.29 is 9.90 Å². The van der Waals surface area contributed by atoms with Crippen LogP contribution >= 0.6 is 0 Å². The predicted octanol–water partition coefficient (Wildman–Crippen LogP) is 2.19. The molecular weight excluding hydrogens is 178 g/mol. The largest absolute Gasteiger partial charge is 0.481 e. The highest BCUT2D eigenvalue weighted by Crippen LogP contribution is 2.06. The Kier molecular flexibility index (Phi) is 6.41. The van der Waals surface area contributed by atoms with Gasteiger partial charge in [-0.25, -0.2) is 0 Å². The quantitative estimate of drug-likeness (QED) is 0.760. The molecule has 0 bridgehead atoms. The summed E-state index contributed by atoms with van der Waals surface area (Å²) in [6.07, 6.45) is 0.222. The van der Waals surface area contributed by atoms with Crippen molar-refractivity contribution in [1.82, 2.24) is 0 Å². The Hall–Kier alpha value is -1.35. The fraction of sp³-hybridized carbons (Fsp3) is 0.364. The van der Waals surface area contributed by atoms with E-state index in [4.69, 9.17) is 10.8 Å². The summed E-state index contributed by atoms with van der Waals surface area (Å²) >= 11 is 0. The average molecular weight is 195 g/mol. The van der Waals surface area contributed by atoms with E-state index in [2.05, 4.69) is 0 Å². The minimum Gasteiger partial charge on any atom is -0.481 e. The number of carbonyl (C=O) groups is 1. The highest BCUT2D eigenvalue weighted by molar-refractivity contribution is 5.66. The van der Waals surface area contributed by atoms with Gasteiger partial charge in [-0.2, -0.15) is 0 Å². The van der Waals surface area contributed by atoms with E-state index < -0.39 is 5.97 Å². The van der Waals surface area contributed by atoms with Crippen molar-refractivity contribution in [3.05, 3.63) is 35.9 Å². The molecule has 0 radical (unpaired) electrons. The standard InChI is InChI=1S/C8H11N.C3H6O2/c1-7(9)8-5-3-2-4-6-8;1-2-3(4)5/h2-7H,9H2,1H3;2H2,1H3,(H,4,5)/t7-;/m1./s1. The van der Waals surface area contributed by atoms with Gasteiger partial charge >= 0.3 is 5.97 Å². The van der Waals surface area contributed by atoms with E-state index in [9.17, 15) is 4.79 Å². The van der Waals surface area contributed by atoms with Gasteiger partial charge < -0.3 is 10.8 Å². The van der Waals surface area contributed by atoms with Crippen LogP contribution in [0.3, 0.4) is 0 Å². The third-order valence-electron chi connectivity index (χ3n) is 1.63. The molecule has 0 heterocycles. The Bertz CT molecular complexity index is 257. The second-order valence-corrected chi connectivity index (χ2v) is 2.95. The molecular formula is C11H17NO2. The maximum Gasteiger partial charge on any atom is 0.303 e. The van der Waals surface area contributed by atoms with Crippen LogP contribution in [0.15, 0.2) is 30.3 Å². The third kappa shape index (κ3) is 6.20. The Labute approximate surface area is 84.6 Å². The molecule has 1 rings (SSSR count). The van der Waals surface area contributed by atoms with Crippen LogP contribution in [0.5, 0.6) is 0 Å². The molecule has 14 heavy (non-hydrogen) atoms. The maximum absolute atomic E-state index is 9.37. The van der Waals surface area contributed by atoms with Crippen LogP contribution in [0.4, 0.5) is 0 Å². The first-order valence-corrected chi connectivity index (χ1v) is 4.60. The summed E-state index contributed by atoms with van der Waals surface area (Å²) < 4.78 is 0. The summed E-state index contributed by atoms with van der Waals surface area (Å²) in [5.41, 5.74) is 6.81. The molecule has 0 unspecified atom stereocenters. The number of hydrogen-bond donors (Lipinski definition) is 2. The molecule has 0 aromatic heterocycles. The van der Waals surface area contributed by atoms with Crippen molar-refractivity contribution >= 4 is 5.97 Å². The van der Waals surface area contributed by atoms with E-state index in [1.165, 1.54) is 5.56 Å². The molecule has 3 nitrogen and oxygen atoms in total. The van der Waals surface area contributed by atoms with Crippen molar-refractivity contribution in [2.75, 3.05) is 0 Å². The molecule has 1 aromatic carbocycles. The van der Waals surface area contributed by atoms with Crippen LogP contribution in [0.1, 0.15) is 31.9 Å². The molecule has 0 saturated carbocycles.